The van der Waals surface area contributed by atoms with Crippen molar-refractivity contribution in [2.24, 2.45) is 5.92 Å². The van der Waals surface area contributed by atoms with Crippen LogP contribution >= 0.6 is 11.6 Å². The minimum absolute atomic E-state index is 0.121. The zero-order valence-corrected chi connectivity index (χ0v) is 11.8. The quantitative estimate of drug-likeness (QED) is 0.490. The van der Waals surface area contributed by atoms with Crippen LogP contribution < -0.4 is 0 Å². The van der Waals surface area contributed by atoms with Gasteiger partial charge in [-0.3, -0.25) is 10.1 Å². The van der Waals surface area contributed by atoms with Gasteiger partial charge in [0.05, 0.1) is 4.92 Å². The lowest BCUT2D eigenvalue weighted by Crippen LogP contribution is -2.04. The monoisotopic (exact) mass is 291 g/mol. The number of hydrogen-bond donors (Lipinski definition) is 0. The SMILES string of the molecule is CC(=Cc1cc2ccc(Cl)nc2n1CC1CC1)[N+](=O)[O-]. The molecular formula is C14H14ClN3O2. The maximum atomic E-state index is 10.8. The summed E-state index contributed by atoms with van der Waals surface area (Å²) in [6.07, 6.45) is 4.01. The molecule has 0 saturated heterocycles. The summed E-state index contributed by atoms with van der Waals surface area (Å²) in [6, 6.07) is 5.56. The molecule has 0 unspecified atom stereocenters. The number of halogens is 1. The van der Waals surface area contributed by atoms with Gasteiger partial charge in [0.2, 0.25) is 5.70 Å². The van der Waals surface area contributed by atoms with Gasteiger partial charge in [0.25, 0.3) is 0 Å². The Balaban J connectivity index is 2.13. The Morgan fingerprint density at radius 2 is 2.35 bits per heavy atom. The number of fused-ring (bicyclic) bond motifs is 1. The summed E-state index contributed by atoms with van der Waals surface area (Å²) in [5, 5.41) is 12.2. The summed E-state index contributed by atoms with van der Waals surface area (Å²) in [5.41, 5.74) is 1.73. The van der Waals surface area contributed by atoms with Gasteiger partial charge in [-0.15, -0.1) is 0 Å². The fourth-order valence-corrected chi connectivity index (χ4v) is 2.40. The maximum Gasteiger partial charge on any atom is 0.245 e. The average Bonchev–Trinajstić information content (AvgIpc) is 3.15. The average molecular weight is 292 g/mol. The first-order chi connectivity index (χ1) is 9.54. The number of pyridine rings is 1. The molecule has 2 aromatic rings. The summed E-state index contributed by atoms with van der Waals surface area (Å²) in [6.45, 7) is 2.34. The highest BCUT2D eigenvalue weighted by molar-refractivity contribution is 6.29. The molecule has 0 atom stereocenters. The van der Waals surface area contributed by atoms with Crippen molar-refractivity contribution in [1.82, 2.24) is 9.55 Å². The third kappa shape index (κ3) is 2.54. The molecule has 0 amide bonds. The molecule has 1 aliphatic rings. The van der Waals surface area contributed by atoms with E-state index in [0.717, 1.165) is 23.3 Å². The molecule has 2 aromatic heterocycles. The summed E-state index contributed by atoms with van der Waals surface area (Å²) >= 11 is 5.96. The molecule has 1 saturated carbocycles. The van der Waals surface area contributed by atoms with Crippen LogP contribution in [-0.2, 0) is 6.54 Å². The van der Waals surface area contributed by atoms with Crippen LogP contribution in [0, 0.1) is 16.0 Å². The predicted molar refractivity (Wildman–Crippen MR) is 78.1 cm³/mol. The molecular weight excluding hydrogens is 278 g/mol. The van der Waals surface area contributed by atoms with Gasteiger partial charge in [0.15, 0.2) is 0 Å². The van der Waals surface area contributed by atoms with Crippen LogP contribution in [0.1, 0.15) is 25.5 Å². The number of aromatic nitrogens is 2. The van der Waals surface area contributed by atoms with Crippen molar-refractivity contribution >= 4 is 28.7 Å². The van der Waals surface area contributed by atoms with Crippen molar-refractivity contribution in [1.29, 1.82) is 0 Å². The summed E-state index contributed by atoms with van der Waals surface area (Å²) in [4.78, 5) is 14.8. The van der Waals surface area contributed by atoms with E-state index >= 15 is 0 Å². The maximum absolute atomic E-state index is 10.8. The molecule has 3 rings (SSSR count). The third-order valence-corrected chi connectivity index (χ3v) is 3.74. The second kappa shape index (κ2) is 4.90. The molecule has 1 aliphatic carbocycles. The molecule has 2 heterocycles. The molecule has 0 N–H and O–H groups in total. The minimum Gasteiger partial charge on any atom is -0.325 e. The van der Waals surface area contributed by atoms with Gasteiger partial charge in [-0.05, 0) is 37.0 Å². The van der Waals surface area contributed by atoms with Crippen molar-refractivity contribution in [3.05, 3.63) is 44.9 Å². The summed E-state index contributed by atoms with van der Waals surface area (Å²) in [5.74, 6) is 0.648. The van der Waals surface area contributed by atoms with E-state index in [-0.39, 0.29) is 10.6 Å². The Kier molecular flexibility index (Phi) is 3.22. The standard InChI is InChI=1S/C14H14ClN3O2/c1-9(18(19)20)6-12-7-11-4-5-13(15)16-14(11)17(12)8-10-2-3-10/h4-7,10H,2-3,8H2,1H3. The topological polar surface area (TPSA) is 61.0 Å². The van der Waals surface area contributed by atoms with Crippen LogP contribution in [0.4, 0.5) is 0 Å². The molecule has 6 heteroatoms. The van der Waals surface area contributed by atoms with Crippen molar-refractivity contribution in [3.8, 4) is 0 Å². The van der Waals surface area contributed by atoms with Gasteiger partial charge in [0, 0.05) is 30.6 Å². The van der Waals surface area contributed by atoms with Gasteiger partial charge in [-0.25, -0.2) is 4.98 Å². The van der Waals surface area contributed by atoms with Crippen molar-refractivity contribution in [2.45, 2.75) is 26.3 Å². The first kappa shape index (κ1) is 13.1. The van der Waals surface area contributed by atoms with E-state index in [4.69, 9.17) is 11.6 Å². The molecule has 0 radical (unpaired) electrons. The highest BCUT2D eigenvalue weighted by atomic mass is 35.5. The Labute approximate surface area is 121 Å². The third-order valence-electron chi connectivity index (χ3n) is 3.52. The molecule has 20 heavy (non-hydrogen) atoms. The lowest BCUT2D eigenvalue weighted by molar-refractivity contribution is -0.422. The Hall–Kier alpha value is -1.88. The summed E-state index contributed by atoms with van der Waals surface area (Å²) in [7, 11) is 0. The number of allylic oxidation sites excluding steroid dienone is 1. The molecule has 1 fully saturated rings. The van der Waals surface area contributed by atoms with Crippen LogP contribution in [0.15, 0.2) is 23.9 Å². The van der Waals surface area contributed by atoms with E-state index in [9.17, 15) is 10.1 Å². The van der Waals surface area contributed by atoms with Crippen LogP contribution in [0.2, 0.25) is 5.15 Å². The van der Waals surface area contributed by atoms with E-state index in [2.05, 4.69) is 4.98 Å². The molecule has 0 bridgehead atoms. The highest BCUT2D eigenvalue weighted by Crippen LogP contribution is 2.33. The fraction of sp³-hybridized carbons (Fsp3) is 0.357. The van der Waals surface area contributed by atoms with Crippen LogP contribution in [0.25, 0.3) is 17.1 Å². The minimum atomic E-state index is -0.375. The van der Waals surface area contributed by atoms with Crippen molar-refractivity contribution in [3.63, 3.8) is 0 Å². The molecule has 0 spiro atoms. The van der Waals surface area contributed by atoms with Crippen LogP contribution in [0.3, 0.4) is 0 Å². The van der Waals surface area contributed by atoms with Gasteiger partial charge in [0.1, 0.15) is 10.8 Å². The highest BCUT2D eigenvalue weighted by Gasteiger charge is 2.24. The molecule has 5 nitrogen and oxygen atoms in total. The number of nitrogens with zero attached hydrogens (tertiary/aromatic N) is 3. The fourth-order valence-electron chi connectivity index (χ4n) is 2.26. The van der Waals surface area contributed by atoms with E-state index in [0.29, 0.717) is 11.1 Å². The zero-order chi connectivity index (χ0) is 14.3. The molecule has 104 valence electrons. The summed E-state index contributed by atoms with van der Waals surface area (Å²) < 4.78 is 2.03. The second-order valence-corrected chi connectivity index (χ2v) is 5.60. The second-order valence-electron chi connectivity index (χ2n) is 5.21. The number of rotatable bonds is 4. The van der Waals surface area contributed by atoms with Crippen LogP contribution in [-0.4, -0.2) is 14.5 Å². The molecule has 0 aliphatic heterocycles. The van der Waals surface area contributed by atoms with E-state index in [1.54, 1.807) is 12.1 Å². The Bertz CT molecular complexity index is 717. The Morgan fingerprint density at radius 3 is 3.00 bits per heavy atom. The van der Waals surface area contributed by atoms with Crippen molar-refractivity contribution < 1.29 is 4.92 Å². The van der Waals surface area contributed by atoms with Gasteiger partial charge >= 0.3 is 0 Å². The van der Waals surface area contributed by atoms with E-state index in [1.165, 1.54) is 19.8 Å². The number of hydrogen-bond acceptors (Lipinski definition) is 3. The zero-order valence-electron chi connectivity index (χ0n) is 11.0. The van der Waals surface area contributed by atoms with Gasteiger partial charge < -0.3 is 4.57 Å². The van der Waals surface area contributed by atoms with Crippen LogP contribution in [0.5, 0.6) is 0 Å². The smallest absolute Gasteiger partial charge is 0.245 e. The normalized spacial score (nSPS) is 15.8. The first-order valence-corrected chi connectivity index (χ1v) is 6.91. The Morgan fingerprint density at radius 1 is 1.60 bits per heavy atom. The van der Waals surface area contributed by atoms with Crippen molar-refractivity contribution in [2.75, 3.05) is 0 Å². The van der Waals surface area contributed by atoms with Gasteiger partial charge in [-0.1, -0.05) is 11.6 Å². The lowest BCUT2D eigenvalue weighted by Gasteiger charge is -2.06. The first-order valence-electron chi connectivity index (χ1n) is 6.53. The van der Waals surface area contributed by atoms with E-state index in [1.807, 2.05) is 16.7 Å². The largest absolute Gasteiger partial charge is 0.325 e. The van der Waals surface area contributed by atoms with Gasteiger partial charge in [-0.2, -0.15) is 0 Å². The molecule has 0 aromatic carbocycles. The number of nitro groups is 1. The lowest BCUT2D eigenvalue weighted by atomic mass is 10.3. The predicted octanol–water partition coefficient (Wildman–Crippen LogP) is 3.74. The van der Waals surface area contributed by atoms with E-state index < -0.39 is 0 Å².